The lowest BCUT2D eigenvalue weighted by Gasteiger charge is -2.30. The van der Waals surface area contributed by atoms with Crippen LogP contribution >= 0.6 is 0 Å². The van der Waals surface area contributed by atoms with Gasteiger partial charge < -0.3 is 4.90 Å². The van der Waals surface area contributed by atoms with Crippen molar-refractivity contribution in [2.45, 2.75) is 0 Å². The number of rotatable bonds is 6. The van der Waals surface area contributed by atoms with E-state index in [9.17, 15) is 0 Å². The average molecular weight is 574 g/mol. The number of fused-ring (bicyclic) bond motifs is 3. The Balaban J connectivity index is 1.42. The Bertz CT molecular complexity index is 2250. The molecular weight excluding hydrogens is 542 g/mol. The molecule has 0 aliphatic heterocycles. The summed E-state index contributed by atoms with van der Waals surface area (Å²) in [6, 6.07) is 67.7. The van der Waals surface area contributed by atoms with E-state index < -0.39 is 0 Å². The molecule has 8 rings (SSSR count). The van der Waals surface area contributed by atoms with Crippen molar-refractivity contribution in [3.63, 3.8) is 0 Å². The molecule has 212 valence electrons. The van der Waals surface area contributed by atoms with Crippen LogP contribution in [0.4, 0.5) is 17.1 Å². The summed E-state index contributed by atoms with van der Waals surface area (Å²) >= 11 is 0. The number of hydrogen-bond acceptors (Lipinski definition) is 1. The highest BCUT2D eigenvalue weighted by Gasteiger charge is 2.22. The van der Waals surface area contributed by atoms with Crippen LogP contribution in [0.1, 0.15) is 0 Å². The molecule has 45 heavy (non-hydrogen) atoms. The number of anilines is 3. The number of hydrogen-bond donors (Lipinski definition) is 0. The van der Waals surface area contributed by atoms with E-state index in [1.165, 1.54) is 54.9 Å². The van der Waals surface area contributed by atoms with Crippen LogP contribution in [0.25, 0.3) is 54.9 Å². The van der Waals surface area contributed by atoms with E-state index in [-0.39, 0.29) is 0 Å². The largest absolute Gasteiger partial charge is 0.309 e. The molecule has 0 atom stereocenters. The third-order valence-corrected chi connectivity index (χ3v) is 8.65. The molecule has 8 aromatic rings. The highest BCUT2D eigenvalue weighted by atomic mass is 15.1. The Kier molecular flexibility index (Phi) is 6.90. The zero-order valence-corrected chi connectivity index (χ0v) is 24.8. The minimum atomic E-state index is 1.11. The van der Waals surface area contributed by atoms with Gasteiger partial charge >= 0.3 is 0 Å². The zero-order chi connectivity index (χ0) is 30.0. The van der Waals surface area contributed by atoms with Gasteiger partial charge in [0.1, 0.15) is 0 Å². The summed E-state index contributed by atoms with van der Waals surface area (Å²) in [5.74, 6) is 0. The zero-order valence-electron chi connectivity index (χ0n) is 24.8. The van der Waals surface area contributed by atoms with Crippen LogP contribution in [0.15, 0.2) is 188 Å². The second kappa shape index (κ2) is 11.6. The molecule has 0 unspecified atom stereocenters. The van der Waals surface area contributed by atoms with Gasteiger partial charge in [-0.2, -0.15) is 0 Å². The predicted octanol–water partition coefficient (Wildman–Crippen LogP) is 12.5. The van der Waals surface area contributed by atoms with Crippen molar-refractivity contribution in [1.82, 2.24) is 0 Å². The first-order chi connectivity index (χ1) is 22.3. The van der Waals surface area contributed by atoms with Crippen LogP contribution < -0.4 is 4.90 Å². The van der Waals surface area contributed by atoms with E-state index in [1.54, 1.807) is 0 Å². The fourth-order valence-electron chi connectivity index (χ4n) is 6.55. The lowest BCUT2D eigenvalue weighted by molar-refractivity contribution is 1.28. The van der Waals surface area contributed by atoms with Crippen molar-refractivity contribution in [1.29, 1.82) is 0 Å². The minimum Gasteiger partial charge on any atom is -0.309 e. The van der Waals surface area contributed by atoms with Crippen LogP contribution in [-0.4, -0.2) is 0 Å². The molecular formula is C44H31N. The maximum atomic E-state index is 2.43. The van der Waals surface area contributed by atoms with E-state index >= 15 is 0 Å². The van der Waals surface area contributed by atoms with Crippen molar-refractivity contribution in [3.05, 3.63) is 188 Å². The van der Waals surface area contributed by atoms with Gasteiger partial charge in [0, 0.05) is 16.8 Å². The molecule has 0 spiro atoms. The van der Waals surface area contributed by atoms with Crippen LogP contribution in [-0.2, 0) is 0 Å². The van der Waals surface area contributed by atoms with Gasteiger partial charge in [-0.15, -0.1) is 0 Å². The van der Waals surface area contributed by atoms with Gasteiger partial charge in [-0.25, -0.2) is 0 Å². The normalized spacial score (nSPS) is 11.1. The highest BCUT2D eigenvalue weighted by Crippen LogP contribution is 2.47. The van der Waals surface area contributed by atoms with Crippen molar-refractivity contribution in [2.75, 3.05) is 4.90 Å². The average Bonchev–Trinajstić information content (AvgIpc) is 3.13. The molecule has 0 aromatic heterocycles. The molecule has 0 saturated heterocycles. The lowest BCUT2D eigenvalue weighted by Crippen LogP contribution is -2.12. The van der Waals surface area contributed by atoms with Gasteiger partial charge in [0.15, 0.2) is 0 Å². The van der Waals surface area contributed by atoms with Gasteiger partial charge in [-0.3, -0.25) is 0 Å². The first kappa shape index (κ1) is 26.7. The molecule has 0 saturated carbocycles. The Labute approximate surface area is 264 Å². The van der Waals surface area contributed by atoms with E-state index in [0.717, 1.165) is 17.1 Å². The Morgan fingerprint density at radius 2 is 0.844 bits per heavy atom. The van der Waals surface area contributed by atoms with Gasteiger partial charge in [0.2, 0.25) is 0 Å². The minimum absolute atomic E-state index is 1.11. The lowest BCUT2D eigenvalue weighted by atomic mass is 9.91. The molecule has 0 fully saturated rings. The molecule has 0 N–H and O–H groups in total. The number of para-hydroxylation sites is 2. The third kappa shape index (κ3) is 4.95. The van der Waals surface area contributed by atoms with Crippen molar-refractivity contribution in [2.24, 2.45) is 0 Å². The summed E-state index contributed by atoms with van der Waals surface area (Å²) in [6.07, 6.45) is 0. The standard InChI is InChI=1S/C44H31N/c1-4-16-32(17-5-1)34-28-29-44(41(30-34)33-18-6-2-7-19-33)45(36-21-8-3-9-22-36)43-27-15-14-26-40(43)42-31-35-20-10-11-23-37(35)38-24-12-13-25-39(38)42/h1-31H. The van der Waals surface area contributed by atoms with Crippen molar-refractivity contribution in [3.8, 4) is 33.4 Å². The summed E-state index contributed by atoms with van der Waals surface area (Å²) in [5.41, 5.74) is 10.5. The Morgan fingerprint density at radius 1 is 0.289 bits per heavy atom. The molecule has 1 nitrogen and oxygen atoms in total. The fourth-order valence-corrected chi connectivity index (χ4v) is 6.55. The van der Waals surface area contributed by atoms with Gasteiger partial charge in [-0.05, 0) is 80.2 Å². The van der Waals surface area contributed by atoms with E-state index in [2.05, 4.69) is 193 Å². The Morgan fingerprint density at radius 3 is 1.60 bits per heavy atom. The smallest absolute Gasteiger partial charge is 0.0540 e. The quantitative estimate of drug-likeness (QED) is 0.179. The highest BCUT2D eigenvalue weighted by molar-refractivity contribution is 6.15. The summed E-state index contributed by atoms with van der Waals surface area (Å²) in [5, 5.41) is 5.03. The van der Waals surface area contributed by atoms with Crippen molar-refractivity contribution >= 4 is 38.6 Å². The van der Waals surface area contributed by atoms with Gasteiger partial charge in [-0.1, -0.05) is 152 Å². The monoisotopic (exact) mass is 573 g/mol. The topological polar surface area (TPSA) is 3.24 Å². The third-order valence-electron chi connectivity index (χ3n) is 8.65. The summed E-state index contributed by atoms with van der Waals surface area (Å²) in [7, 11) is 0. The van der Waals surface area contributed by atoms with Gasteiger partial charge in [0.25, 0.3) is 0 Å². The van der Waals surface area contributed by atoms with Crippen molar-refractivity contribution < 1.29 is 0 Å². The first-order valence-corrected chi connectivity index (χ1v) is 15.5. The van der Waals surface area contributed by atoms with E-state index in [0.29, 0.717) is 0 Å². The molecule has 0 radical (unpaired) electrons. The second-order valence-electron chi connectivity index (χ2n) is 11.3. The summed E-state index contributed by atoms with van der Waals surface area (Å²) in [4.78, 5) is 2.43. The molecule has 0 aliphatic rings. The fraction of sp³-hybridized carbons (Fsp3) is 0. The molecule has 0 aliphatic carbocycles. The maximum absolute atomic E-state index is 2.43. The summed E-state index contributed by atoms with van der Waals surface area (Å²) < 4.78 is 0. The van der Waals surface area contributed by atoms with Crippen LogP contribution in [0.3, 0.4) is 0 Å². The van der Waals surface area contributed by atoms with Crippen LogP contribution in [0.5, 0.6) is 0 Å². The van der Waals surface area contributed by atoms with Gasteiger partial charge in [0.05, 0.1) is 11.4 Å². The van der Waals surface area contributed by atoms with Crippen LogP contribution in [0.2, 0.25) is 0 Å². The number of nitrogens with zero attached hydrogens (tertiary/aromatic N) is 1. The first-order valence-electron chi connectivity index (χ1n) is 15.5. The van der Waals surface area contributed by atoms with E-state index in [1.807, 2.05) is 0 Å². The molecule has 0 amide bonds. The molecule has 0 bridgehead atoms. The molecule has 0 heterocycles. The molecule has 1 heteroatoms. The van der Waals surface area contributed by atoms with E-state index in [4.69, 9.17) is 0 Å². The van der Waals surface area contributed by atoms with Crippen LogP contribution in [0, 0.1) is 0 Å². The SMILES string of the molecule is c1ccc(-c2ccc(N(c3ccccc3)c3ccccc3-c3cc4ccccc4c4ccccc34)c(-c3ccccc3)c2)cc1. The molecule has 8 aromatic carbocycles. The second-order valence-corrected chi connectivity index (χ2v) is 11.3. The number of benzene rings is 8. The summed E-state index contributed by atoms with van der Waals surface area (Å²) in [6.45, 7) is 0. The predicted molar refractivity (Wildman–Crippen MR) is 192 cm³/mol. The maximum Gasteiger partial charge on any atom is 0.0540 e. The Hall–Kier alpha value is -5.92.